The summed E-state index contributed by atoms with van der Waals surface area (Å²) in [4.78, 5) is 4.47. The van der Waals surface area contributed by atoms with Gasteiger partial charge in [-0.25, -0.2) is 4.98 Å². The summed E-state index contributed by atoms with van der Waals surface area (Å²) < 4.78 is 2.02. The van der Waals surface area contributed by atoms with Gasteiger partial charge in [-0.05, 0) is 19.1 Å². The van der Waals surface area contributed by atoms with E-state index < -0.39 is 0 Å². The molecule has 0 saturated carbocycles. The van der Waals surface area contributed by atoms with E-state index in [1.54, 1.807) is 0 Å². The average Bonchev–Trinajstić information content (AvgIpc) is 2.57. The van der Waals surface area contributed by atoms with E-state index in [1.807, 2.05) is 42.8 Å². The van der Waals surface area contributed by atoms with Gasteiger partial charge in [-0.2, -0.15) is 5.26 Å². The Bertz CT molecular complexity index is 524. The molecule has 0 radical (unpaired) electrons. The SMILES string of the molecule is C[C@@H](C#N)Sc1nc2ccccc2n1C. The fraction of sp³-hybridized carbons (Fsp3) is 0.273. The first kappa shape index (κ1) is 10.1. The van der Waals surface area contributed by atoms with Gasteiger partial charge in [0.15, 0.2) is 5.16 Å². The number of imidazole rings is 1. The third-order valence-corrected chi connectivity index (χ3v) is 3.25. The molecule has 1 aromatic heterocycles. The topological polar surface area (TPSA) is 41.6 Å². The molecule has 76 valence electrons. The lowest BCUT2D eigenvalue weighted by molar-refractivity contribution is 0.813. The van der Waals surface area contributed by atoms with Crippen LogP contribution in [0.3, 0.4) is 0 Å². The van der Waals surface area contributed by atoms with Crippen molar-refractivity contribution in [2.45, 2.75) is 17.3 Å². The van der Waals surface area contributed by atoms with Crippen molar-refractivity contribution < 1.29 is 0 Å². The van der Waals surface area contributed by atoms with Crippen molar-refractivity contribution in [1.82, 2.24) is 9.55 Å². The van der Waals surface area contributed by atoms with Crippen molar-refractivity contribution in [3.63, 3.8) is 0 Å². The molecule has 1 heterocycles. The summed E-state index contributed by atoms with van der Waals surface area (Å²) in [6.07, 6.45) is 0. The number of hydrogen-bond acceptors (Lipinski definition) is 3. The number of hydrogen-bond donors (Lipinski definition) is 0. The normalized spacial score (nSPS) is 12.6. The first-order valence-corrected chi connectivity index (χ1v) is 5.58. The Hall–Kier alpha value is -1.47. The summed E-state index contributed by atoms with van der Waals surface area (Å²) in [6.45, 7) is 1.88. The van der Waals surface area contributed by atoms with Crippen molar-refractivity contribution in [2.24, 2.45) is 7.05 Å². The highest BCUT2D eigenvalue weighted by Crippen LogP contribution is 2.25. The number of thioether (sulfide) groups is 1. The van der Waals surface area contributed by atoms with Gasteiger partial charge in [0.25, 0.3) is 0 Å². The van der Waals surface area contributed by atoms with E-state index in [1.165, 1.54) is 11.8 Å². The summed E-state index contributed by atoms with van der Waals surface area (Å²) in [5.74, 6) is 0. The van der Waals surface area contributed by atoms with E-state index in [-0.39, 0.29) is 5.25 Å². The van der Waals surface area contributed by atoms with Gasteiger partial charge in [0.2, 0.25) is 0 Å². The van der Waals surface area contributed by atoms with Crippen LogP contribution >= 0.6 is 11.8 Å². The standard InChI is InChI=1S/C11H11N3S/c1-8(7-12)15-11-13-9-5-3-4-6-10(9)14(11)2/h3-6,8H,1-2H3/t8-/m0/s1. The Morgan fingerprint density at radius 1 is 1.47 bits per heavy atom. The number of benzene rings is 1. The molecule has 0 N–H and O–H groups in total. The molecule has 0 unspecified atom stereocenters. The number of nitrogens with zero attached hydrogens (tertiary/aromatic N) is 3. The van der Waals surface area contributed by atoms with Crippen molar-refractivity contribution in [2.75, 3.05) is 0 Å². The van der Waals surface area contributed by atoms with Crippen LogP contribution in [0.15, 0.2) is 29.4 Å². The van der Waals surface area contributed by atoms with Gasteiger partial charge in [-0.15, -0.1) is 0 Å². The van der Waals surface area contributed by atoms with Crippen LogP contribution in [0.4, 0.5) is 0 Å². The Balaban J connectivity index is 2.45. The van der Waals surface area contributed by atoms with Crippen molar-refractivity contribution in [3.8, 4) is 6.07 Å². The highest BCUT2D eigenvalue weighted by atomic mass is 32.2. The fourth-order valence-corrected chi connectivity index (χ4v) is 2.19. The third kappa shape index (κ3) is 1.83. The minimum Gasteiger partial charge on any atom is -0.322 e. The van der Waals surface area contributed by atoms with Gasteiger partial charge in [0.05, 0.1) is 22.4 Å². The lowest BCUT2D eigenvalue weighted by atomic mass is 10.3. The van der Waals surface area contributed by atoms with E-state index in [9.17, 15) is 0 Å². The summed E-state index contributed by atoms with van der Waals surface area (Å²) >= 11 is 1.49. The molecule has 2 aromatic rings. The molecule has 2 rings (SSSR count). The fourth-order valence-electron chi connectivity index (χ4n) is 1.41. The Kier molecular flexibility index (Phi) is 2.65. The predicted molar refractivity (Wildman–Crippen MR) is 61.6 cm³/mol. The largest absolute Gasteiger partial charge is 0.322 e. The molecular formula is C11H11N3S. The van der Waals surface area contributed by atoms with Crippen LogP contribution in [0.25, 0.3) is 11.0 Å². The van der Waals surface area contributed by atoms with Crippen molar-refractivity contribution >= 4 is 22.8 Å². The van der Waals surface area contributed by atoms with Crippen LogP contribution in [-0.4, -0.2) is 14.8 Å². The molecule has 4 heteroatoms. The average molecular weight is 217 g/mol. The van der Waals surface area contributed by atoms with E-state index >= 15 is 0 Å². The molecule has 0 bridgehead atoms. The number of fused-ring (bicyclic) bond motifs is 1. The van der Waals surface area contributed by atoms with Gasteiger partial charge in [-0.1, -0.05) is 23.9 Å². The van der Waals surface area contributed by atoms with Crippen LogP contribution in [0.5, 0.6) is 0 Å². The molecule has 1 atom stereocenters. The third-order valence-electron chi connectivity index (χ3n) is 2.21. The summed E-state index contributed by atoms with van der Waals surface area (Å²) in [6, 6.07) is 10.2. The van der Waals surface area contributed by atoms with Crippen LogP contribution in [0.2, 0.25) is 0 Å². The summed E-state index contributed by atoms with van der Waals surface area (Å²) in [7, 11) is 1.97. The maximum Gasteiger partial charge on any atom is 0.170 e. The Morgan fingerprint density at radius 2 is 2.20 bits per heavy atom. The van der Waals surface area contributed by atoms with Crippen LogP contribution in [-0.2, 0) is 7.05 Å². The molecule has 0 aliphatic rings. The first-order valence-electron chi connectivity index (χ1n) is 4.70. The van der Waals surface area contributed by atoms with Gasteiger partial charge < -0.3 is 4.57 Å². The van der Waals surface area contributed by atoms with Gasteiger partial charge in [0, 0.05) is 7.05 Å². The maximum atomic E-state index is 8.75. The number of aromatic nitrogens is 2. The lowest BCUT2D eigenvalue weighted by Crippen LogP contribution is -1.96. The Labute approximate surface area is 92.7 Å². The number of para-hydroxylation sites is 2. The van der Waals surface area contributed by atoms with Gasteiger partial charge in [0.1, 0.15) is 0 Å². The molecule has 0 saturated heterocycles. The minimum absolute atomic E-state index is 0.0690. The van der Waals surface area contributed by atoms with Crippen molar-refractivity contribution in [1.29, 1.82) is 5.26 Å². The van der Waals surface area contributed by atoms with Crippen LogP contribution in [0, 0.1) is 11.3 Å². The predicted octanol–water partition coefficient (Wildman–Crippen LogP) is 2.58. The number of nitriles is 1. The molecule has 0 aliphatic carbocycles. The quantitative estimate of drug-likeness (QED) is 0.726. The smallest absolute Gasteiger partial charge is 0.170 e. The second kappa shape index (κ2) is 3.95. The highest BCUT2D eigenvalue weighted by molar-refractivity contribution is 8.00. The van der Waals surface area contributed by atoms with Gasteiger partial charge in [-0.3, -0.25) is 0 Å². The molecule has 0 fully saturated rings. The highest BCUT2D eigenvalue weighted by Gasteiger charge is 2.10. The molecule has 0 spiro atoms. The van der Waals surface area contributed by atoms with E-state index in [0.717, 1.165) is 16.2 Å². The molecule has 0 aliphatic heterocycles. The molecule has 1 aromatic carbocycles. The summed E-state index contributed by atoms with van der Waals surface area (Å²) in [5.41, 5.74) is 2.08. The zero-order valence-corrected chi connectivity index (χ0v) is 9.45. The molecule has 3 nitrogen and oxygen atoms in total. The summed E-state index contributed by atoms with van der Waals surface area (Å²) in [5, 5.41) is 9.58. The first-order chi connectivity index (χ1) is 7.22. The zero-order valence-electron chi connectivity index (χ0n) is 8.64. The molecule has 15 heavy (non-hydrogen) atoms. The molecular weight excluding hydrogens is 206 g/mol. The number of rotatable bonds is 2. The number of aryl methyl sites for hydroxylation is 1. The lowest BCUT2D eigenvalue weighted by Gasteiger charge is -2.02. The Morgan fingerprint density at radius 3 is 2.87 bits per heavy atom. The van der Waals surface area contributed by atoms with Gasteiger partial charge >= 0.3 is 0 Å². The van der Waals surface area contributed by atoms with E-state index in [0.29, 0.717) is 0 Å². The van der Waals surface area contributed by atoms with Crippen LogP contribution in [0.1, 0.15) is 6.92 Å². The van der Waals surface area contributed by atoms with Crippen molar-refractivity contribution in [3.05, 3.63) is 24.3 Å². The minimum atomic E-state index is -0.0690. The van der Waals surface area contributed by atoms with E-state index in [2.05, 4.69) is 11.1 Å². The monoisotopic (exact) mass is 217 g/mol. The van der Waals surface area contributed by atoms with Crippen LogP contribution < -0.4 is 0 Å². The second-order valence-corrected chi connectivity index (χ2v) is 4.64. The molecule has 0 amide bonds. The zero-order chi connectivity index (χ0) is 10.8. The van der Waals surface area contributed by atoms with E-state index in [4.69, 9.17) is 5.26 Å². The second-order valence-electron chi connectivity index (χ2n) is 3.33. The maximum absolute atomic E-state index is 8.75.